The molecule has 0 aliphatic carbocycles. The molecule has 19 heavy (non-hydrogen) atoms. The molecule has 0 unspecified atom stereocenters. The molecule has 3 nitrogen and oxygen atoms in total. The smallest absolute Gasteiger partial charge is 0.0459 e. The highest BCUT2D eigenvalue weighted by atomic mass is 14.9. The van der Waals surface area contributed by atoms with Gasteiger partial charge >= 0.3 is 0 Å². The Labute approximate surface area is 115 Å². The van der Waals surface area contributed by atoms with Crippen LogP contribution in [0.4, 0.5) is 0 Å². The van der Waals surface area contributed by atoms with Crippen LogP contribution < -0.4 is 11.1 Å². The largest absolute Gasteiger partial charge is 0.358 e. The Kier molecular flexibility index (Phi) is 4.27. The number of nitrogens with two attached hydrogens (primary N) is 1. The maximum Gasteiger partial charge on any atom is 0.0459 e. The first-order valence-electron chi connectivity index (χ1n) is 7.05. The second-order valence-corrected chi connectivity index (χ2v) is 5.87. The maximum atomic E-state index is 5.53. The van der Waals surface area contributed by atoms with E-state index in [1.165, 1.54) is 22.2 Å². The van der Waals surface area contributed by atoms with Gasteiger partial charge in [0.2, 0.25) is 0 Å². The lowest BCUT2D eigenvalue weighted by molar-refractivity contribution is 0.468. The summed E-state index contributed by atoms with van der Waals surface area (Å²) < 4.78 is 0. The first kappa shape index (κ1) is 14.1. The summed E-state index contributed by atoms with van der Waals surface area (Å²) in [5.74, 6) is 0. The Morgan fingerprint density at radius 3 is 2.74 bits per heavy atom. The third-order valence-corrected chi connectivity index (χ3v) is 3.69. The summed E-state index contributed by atoms with van der Waals surface area (Å²) in [6.45, 7) is 9.46. The van der Waals surface area contributed by atoms with Crippen molar-refractivity contribution in [2.75, 3.05) is 19.6 Å². The van der Waals surface area contributed by atoms with Gasteiger partial charge in [0.1, 0.15) is 0 Å². The van der Waals surface area contributed by atoms with E-state index in [0.29, 0.717) is 0 Å². The molecule has 0 atom stereocenters. The third kappa shape index (κ3) is 2.99. The Morgan fingerprint density at radius 2 is 2.00 bits per heavy atom. The van der Waals surface area contributed by atoms with Gasteiger partial charge in [-0.1, -0.05) is 32.0 Å². The van der Waals surface area contributed by atoms with E-state index in [1.54, 1.807) is 0 Å². The number of para-hydroxylation sites is 1. The second kappa shape index (κ2) is 5.76. The summed E-state index contributed by atoms with van der Waals surface area (Å²) in [5.41, 5.74) is 9.55. The van der Waals surface area contributed by atoms with Crippen molar-refractivity contribution in [3.05, 3.63) is 35.5 Å². The molecule has 104 valence electrons. The van der Waals surface area contributed by atoms with Gasteiger partial charge in [-0.25, -0.2) is 0 Å². The van der Waals surface area contributed by atoms with Crippen molar-refractivity contribution in [1.29, 1.82) is 0 Å². The molecule has 1 aromatic heterocycles. The lowest BCUT2D eigenvalue weighted by atomic mass is 9.82. The van der Waals surface area contributed by atoms with Gasteiger partial charge in [0.25, 0.3) is 0 Å². The fourth-order valence-corrected chi connectivity index (χ4v) is 2.87. The van der Waals surface area contributed by atoms with Crippen LogP contribution in [0.25, 0.3) is 10.9 Å². The van der Waals surface area contributed by atoms with Crippen molar-refractivity contribution in [1.82, 2.24) is 10.3 Å². The predicted octanol–water partition coefficient (Wildman–Crippen LogP) is 2.69. The van der Waals surface area contributed by atoms with Crippen LogP contribution in [0, 0.1) is 6.92 Å². The molecule has 0 radical (unpaired) electrons. The molecule has 0 aliphatic heterocycles. The van der Waals surface area contributed by atoms with Crippen LogP contribution >= 0.6 is 0 Å². The molecule has 0 saturated carbocycles. The average molecular weight is 259 g/mol. The monoisotopic (exact) mass is 259 g/mol. The van der Waals surface area contributed by atoms with Gasteiger partial charge in [0.15, 0.2) is 0 Å². The van der Waals surface area contributed by atoms with Gasteiger partial charge in [-0.2, -0.15) is 0 Å². The van der Waals surface area contributed by atoms with E-state index in [0.717, 1.165) is 26.1 Å². The summed E-state index contributed by atoms with van der Waals surface area (Å²) >= 11 is 0. The number of benzene rings is 1. The zero-order chi connectivity index (χ0) is 13.9. The van der Waals surface area contributed by atoms with E-state index in [-0.39, 0.29) is 5.41 Å². The number of hydrogen-bond donors (Lipinski definition) is 3. The molecule has 0 bridgehead atoms. The van der Waals surface area contributed by atoms with E-state index in [9.17, 15) is 0 Å². The van der Waals surface area contributed by atoms with Crippen LogP contribution in [-0.4, -0.2) is 24.6 Å². The summed E-state index contributed by atoms with van der Waals surface area (Å²) in [5, 5.41) is 4.85. The molecule has 0 spiro atoms. The molecule has 0 saturated heterocycles. The van der Waals surface area contributed by atoms with Gasteiger partial charge in [0, 0.05) is 28.6 Å². The number of fused-ring (bicyclic) bond motifs is 1. The molecule has 1 heterocycles. The molecule has 2 rings (SSSR count). The fraction of sp³-hybridized carbons (Fsp3) is 0.500. The quantitative estimate of drug-likeness (QED) is 0.699. The first-order chi connectivity index (χ1) is 9.06. The number of nitrogens with one attached hydrogen (secondary N) is 2. The summed E-state index contributed by atoms with van der Waals surface area (Å²) in [7, 11) is 0. The highest BCUT2D eigenvalue weighted by Gasteiger charge is 2.25. The number of aryl methyl sites for hydroxylation is 1. The van der Waals surface area contributed by atoms with Crippen molar-refractivity contribution < 1.29 is 0 Å². The number of hydrogen-bond acceptors (Lipinski definition) is 2. The lowest BCUT2D eigenvalue weighted by Gasteiger charge is -2.26. The summed E-state index contributed by atoms with van der Waals surface area (Å²) in [6, 6.07) is 8.53. The minimum atomic E-state index is 0.109. The number of H-pyrrole nitrogens is 1. The normalized spacial score (nSPS) is 12.2. The summed E-state index contributed by atoms with van der Waals surface area (Å²) in [6.07, 6.45) is 1.03. The number of aromatic amines is 1. The first-order valence-corrected chi connectivity index (χ1v) is 7.05. The van der Waals surface area contributed by atoms with E-state index in [2.05, 4.69) is 55.3 Å². The Hall–Kier alpha value is -1.32. The van der Waals surface area contributed by atoms with Crippen LogP contribution in [0.3, 0.4) is 0 Å². The molecule has 0 amide bonds. The van der Waals surface area contributed by atoms with Crippen LogP contribution in [-0.2, 0) is 5.41 Å². The standard InChI is InChI=1S/C16H25N3/c1-12-15(13-7-4-5-8-14(13)19-12)16(2,3)11-18-10-6-9-17/h4-5,7-8,18-19H,6,9-11,17H2,1-3H3. The molecule has 1 aromatic carbocycles. The number of aromatic nitrogens is 1. The zero-order valence-electron chi connectivity index (χ0n) is 12.2. The minimum Gasteiger partial charge on any atom is -0.358 e. The molecule has 0 fully saturated rings. The molecular weight excluding hydrogens is 234 g/mol. The topological polar surface area (TPSA) is 53.8 Å². The predicted molar refractivity (Wildman–Crippen MR) is 82.6 cm³/mol. The highest BCUT2D eigenvalue weighted by Crippen LogP contribution is 2.32. The molecule has 3 heteroatoms. The SMILES string of the molecule is Cc1[nH]c2ccccc2c1C(C)(C)CNCCCN. The van der Waals surface area contributed by atoms with Gasteiger partial charge in [-0.15, -0.1) is 0 Å². The maximum absolute atomic E-state index is 5.53. The highest BCUT2D eigenvalue weighted by molar-refractivity contribution is 5.85. The lowest BCUT2D eigenvalue weighted by Crippen LogP contribution is -2.34. The van der Waals surface area contributed by atoms with Crippen LogP contribution in [0.5, 0.6) is 0 Å². The van der Waals surface area contributed by atoms with Gasteiger partial charge < -0.3 is 16.0 Å². The van der Waals surface area contributed by atoms with Gasteiger partial charge in [-0.3, -0.25) is 0 Å². The van der Waals surface area contributed by atoms with Gasteiger partial charge in [-0.05, 0) is 38.1 Å². The third-order valence-electron chi connectivity index (χ3n) is 3.69. The van der Waals surface area contributed by atoms with Crippen LogP contribution in [0.1, 0.15) is 31.5 Å². The van der Waals surface area contributed by atoms with Crippen molar-refractivity contribution in [2.45, 2.75) is 32.6 Å². The van der Waals surface area contributed by atoms with Crippen molar-refractivity contribution in [2.24, 2.45) is 5.73 Å². The van der Waals surface area contributed by atoms with E-state index < -0.39 is 0 Å². The number of rotatable bonds is 6. The molecule has 4 N–H and O–H groups in total. The van der Waals surface area contributed by atoms with E-state index >= 15 is 0 Å². The average Bonchev–Trinajstić information content (AvgIpc) is 2.71. The van der Waals surface area contributed by atoms with E-state index in [4.69, 9.17) is 5.73 Å². The van der Waals surface area contributed by atoms with Gasteiger partial charge in [0.05, 0.1) is 0 Å². The Balaban J connectivity index is 2.24. The van der Waals surface area contributed by atoms with Crippen LogP contribution in [0.2, 0.25) is 0 Å². The van der Waals surface area contributed by atoms with Crippen molar-refractivity contribution >= 4 is 10.9 Å². The Bertz CT molecular complexity index is 540. The molecule has 0 aliphatic rings. The van der Waals surface area contributed by atoms with E-state index in [1.807, 2.05) is 0 Å². The van der Waals surface area contributed by atoms with Crippen molar-refractivity contribution in [3.63, 3.8) is 0 Å². The molecule has 2 aromatic rings. The zero-order valence-corrected chi connectivity index (χ0v) is 12.2. The Morgan fingerprint density at radius 1 is 1.26 bits per heavy atom. The van der Waals surface area contributed by atoms with Crippen molar-refractivity contribution in [3.8, 4) is 0 Å². The fourth-order valence-electron chi connectivity index (χ4n) is 2.87. The second-order valence-electron chi connectivity index (χ2n) is 5.87. The van der Waals surface area contributed by atoms with Crippen LogP contribution in [0.15, 0.2) is 24.3 Å². The molecular formula is C16H25N3. The minimum absolute atomic E-state index is 0.109. The summed E-state index contributed by atoms with van der Waals surface area (Å²) in [4.78, 5) is 3.49.